The summed E-state index contributed by atoms with van der Waals surface area (Å²) >= 11 is 3.43. The third-order valence-corrected chi connectivity index (χ3v) is 5.37. The van der Waals surface area contributed by atoms with Crippen molar-refractivity contribution in [2.45, 2.75) is 30.7 Å². The Bertz CT molecular complexity index is 506. The van der Waals surface area contributed by atoms with Gasteiger partial charge < -0.3 is 5.32 Å². The summed E-state index contributed by atoms with van der Waals surface area (Å²) in [5.41, 5.74) is 0.954. The van der Waals surface area contributed by atoms with Crippen molar-refractivity contribution in [3.05, 3.63) is 16.4 Å². The lowest BCUT2D eigenvalue weighted by Crippen LogP contribution is -2.47. The highest BCUT2D eigenvalue weighted by Gasteiger charge is 2.35. The molecular formula is C10H16BrN3O2S. The van der Waals surface area contributed by atoms with Crippen LogP contribution in [0.2, 0.25) is 0 Å². The van der Waals surface area contributed by atoms with Crippen molar-refractivity contribution < 1.29 is 8.42 Å². The SMILES string of the molecule is Cn1cc(Br)c(CNC2CC(S(C)(=O)=O)C2)n1. The Morgan fingerprint density at radius 1 is 1.59 bits per heavy atom. The van der Waals surface area contributed by atoms with Gasteiger partial charge in [0.25, 0.3) is 0 Å². The molecule has 7 heteroatoms. The van der Waals surface area contributed by atoms with Gasteiger partial charge in [0, 0.05) is 32.1 Å². The molecule has 0 spiro atoms. The fourth-order valence-electron chi connectivity index (χ4n) is 1.95. The highest BCUT2D eigenvalue weighted by molar-refractivity contribution is 9.10. The Kier molecular flexibility index (Phi) is 3.61. The summed E-state index contributed by atoms with van der Waals surface area (Å²) in [5, 5.41) is 7.46. The molecule has 2 rings (SSSR count). The van der Waals surface area contributed by atoms with Crippen LogP contribution in [0.1, 0.15) is 18.5 Å². The van der Waals surface area contributed by atoms with Crippen LogP contribution in [0, 0.1) is 0 Å². The zero-order valence-electron chi connectivity index (χ0n) is 9.85. The van der Waals surface area contributed by atoms with Crippen molar-refractivity contribution in [3.63, 3.8) is 0 Å². The molecule has 0 radical (unpaired) electrons. The van der Waals surface area contributed by atoms with Gasteiger partial charge >= 0.3 is 0 Å². The molecule has 1 saturated carbocycles. The van der Waals surface area contributed by atoms with E-state index in [0.29, 0.717) is 25.4 Å². The van der Waals surface area contributed by atoms with Gasteiger partial charge in [0.1, 0.15) is 9.84 Å². The van der Waals surface area contributed by atoms with E-state index >= 15 is 0 Å². The minimum Gasteiger partial charge on any atom is -0.308 e. The average Bonchev–Trinajstić information content (AvgIpc) is 2.40. The van der Waals surface area contributed by atoms with Gasteiger partial charge in [0.2, 0.25) is 0 Å². The second-order valence-corrected chi connectivity index (χ2v) is 7.78. The first kappa shape index (κ1) is 13.0. The van der Waals surface area contributed by atoms with Gasteiger partial charge in [-0.3, -0.25) is 4.68 Å². The maximum Gasteiger partial charge on any atom is 0.150 e. The first-order valence-corrected chi connectivity index (χ1v) is 8.21. The van der Waals surface area contributed by atoms with Gasteiger partial charge in [-0.25, -0.2) is 8.42 Å². The van der Waals surface area contributed by atoms with Crippen molar-refractivity contribution >= 4 is 25.8 Å². The summed E-state index contributed by atoms with van der Waals surface area (Å²) in [6.07, 6.45) is 4.63. The standard InChI is InChI=1S/C10H16BrN3O2S/c1-14-6-9(11)10(13-14)5-12-7-3-8(4-7)17(2,15)16/h6-8,12H,3-5H2,1-2H3. The number of nitrogens with one attached hydrogen (secondary N) is 1. The van der Waals surface area contributed by atoms with Gasteiger partial charge in [-0.2, -0.15) is 5.10 Å². The lowest BCUT2D eigenvalue weighted by Gasteiger charge is -2.34. The quantitative estimate of drug-likeness (QED) is 0.893. The second-order valence-electron chi connectivity index (χ2n) is 4.60. The molecule has 0 bridgehead atoms. The zero-order chi connectivity index (χ0) is 12.6. The fourth-order valence-corrected chi connectivity index (χ4v) is 3.63. The smallest absolute Gasteiger partial charge is 0.150 e. The van der Waals surface area contributed by atoms with Crippen molar-refractivity contribution in [2.24, 2.45) is 7.05 Å². The number of aryl methyl sites for hydroxylation is 1. The topological polar surface area (TPSA) is 64.0 Å². The molecule has 0 aliphatic heterocycles. The largest absolute Gasteiger partial charge is 0.308 e. The maximum absolute atomic E-state index is 11.2. The van der Waals surface area contributed by atoms with Crippen molar-refractivity contribution in [1.29, 1.82) is 0 Å². The maximum atomic E-state index is 11.2. The fraction of sp³-hybridized carbons (Fsp3) is 0.700. The van der Waals surface area contributed by atoms with E-state index in [9.17, 15) is 8.42 Å². The van der Waals surface area contributed by atoms with Gasteiger partial charge in [-0.05, 0) is 28.8 Å². The van der Waals surface area contributed by atoms with Gasteiger partial charge in [0.05, 0.1) is 15.4 Å². The average molecular weight is 322 g/mol. The molecule has 1 aliphatic rings. The minimum absolute atomic E-state index is 0.160. The zero-order valence-corrected chi connectivity index (χ0v) is 12.3. The third-order valence-electron chi connectivity index (χ3n) is 3.11. The number of sulfone groups is 1. The van der Waals surface area contributed by atoms with Crippen LogP contribution in [0.15, 0.2) is 10.7 Å². The molecule has 0 atom stereocenters. The Hall–Kier alpha value is -0.400. The van der Waals surface area contributed by atoms with Crippen molar-refractivity contribution in [2.75, 3.05) is 6.26 Å². The van der Waals surface area contributed by atoms with Crippen LogP contribution in [0.25, 0.3) is 0 Å². The van der Waals surface area contributed by atoms with Crippen molar-refractivity contribution in [1.82, 2.24) is 15.1 Å². The van der Waals surface area contributed by atoms with Crippen LogP contribution in [0.5, 0.6) is 0 Å². The predicted octanol–water partition coefficient (Wildman–Crippen LogP) is 0.848. The summed E-state index contributed by atoms with van der Waals surface area (Å²) in [5.74, 6) is 0. The first-order chi connectivity index (χ1) is 7.86. The second kappa shape index (κ2) is 4.70. The molecule has 1 aromatic heterocycles. The molecule has 0 unspecified atom stereocenters. The van der Waals surface area contributed by atoms with Crippen LogP contribution in [0.3, 0.4) is 0 Å². The molecule has 1 fully saturated rings. The van der Waals surface area contributed by atoms with Crippen molar-refractivity contribution in [3.8, 4) is 0 Å². The van der Waals surface area contributed by atoms with Crippen LogP contribution in [0.4, 0.5) is 0 Å². The molecule has 17 heavy (non-hydrogen) atoms. The molecule has 1 N–H and O–H groups in total. The number of halogens is 1. The lowest BCUT2D eigenvalue weighted by atomic mass is 9.92. The van der Waals surface area contributed by atoms with E-state index in [0.717, 1.165) is 10.2 Å². The van der Waals surface area contributed by atoms with Crippen LogP contribution in [-0.2, 0) is 23.4 Å². The van der Waals surface area contributed by atoms with E-state index in [-0.39, 0.29) is 5.25 Å². The van der Waals surface area contributed by atoms with E-state index in [4.69, 9.17) is 0 Å². The number of nitrogens with zero attached hydrogens (tertiary/aromatic N) is 2. The van der Waals surface area contributed by atoms with E-state index in [1.165, 1.54) is 6.26 Å². The number of hydrogen-bond acceptors (Lipinski definition) is 4. The summed E-state index contributed by atoms with van der Waals surface area (Å²) in [7, 11) is -0.983. The third kappa shape index (κ3) is 3.08. The Morgan fingerprint density at radius 3 is 2.71 bits per heavy atom. The van der Waals surface area contributed by atoms with E-state index in [1.54, 1.807) is 4.68 Å². The first-order valence-electron chi connectivity index (χ1n) is 5.46. The Labute approximate surface area is 110 Å². The molecule has 1 aromatic rings. The highest BCUT2D eigenvalue weighted by Crippen LogP contribution is 2.27. The van der Waals surface area contributed by atoms with Crippen LogP contribution in [-0.4, -0.2) is 35.7 Å². The van der Waals surface area contributed by atoms with E-state index in [1.807, 2.05) is 13.2 Å². The molecule has 1 aliphatic carbocycles. The summed E-state index contributed by atoms with van der Waals surface area (Å²) < 4.78 is 25.2. The molecule has 0 aromatic carbocycles. The highest BCUT2D eigenvalue weighted by atomic mass is 79.9. The summed E-state index contributed by atoms with van der Waals surface area (Å²) in [6, 6.07) is 0.295. The molecule has 0 amide bonds. The van der Waals surface area contributed by atoms with Crippen LogP contribution < -0.4 is 5.32 Å². The number of aromatic nitrogens is 2. The Morgan fingerprint density at radius 2 is 2.24 bits per heavy atom. The van der Waals surface area contributed by atoms with E-state index in [2.05, 4.69) is 26.3 Å². The van der Waals surface area contributed by atoms with E-state index < -0.39 is 9.84 Å². The molecule has 0 saturated heterocycles. The predicted molar refractivity (Wildman–Crippen MR) is 69.4 cm³/mol. The molecule has 5 nitrogen and oxygen atoms in total. The van der Waals surface area contributed by atoms with Gasteiger partial charge in [0.15, 0.2) is 0 Å². The monoisotopic (exact) mass is 321 g/mol. The minimum atomic E-state index is -2.86. The summed E-state index contributed by atoms with van der Waals surface area (Å²) in [6.45, 7) is 0.669. The normalized spacial score (nSPS) is 24.6. The Balaban J connectivity index is 1.80. The molecule has 96 valence electrons. The molecule has 1 heterocycles. The van der Waals surface area contributed by atoms with Gasteiger partial charge in [-0.15, -0.1) is 0 Å². The molecular weight excluding hydrogens is 306 g/mol. The summed E-state index contributed by atoms with van der Waals surface area (Å²) in [4.78, 5) is 0. The number of hydrogen-bond donors (Lipinski definition) is 1. The lowest BCUT2D eigenvalue weighted by molar-refractivity contribution is 0.336. The van der Waals surface area contributed by atoms with Crippen LogP contribution >= 0.6 is 15.9 Å². The number of rotatable bonds is 4. The van der Waals surface area contributed by atoms with Gasteiger partial charge in [-0.1, -0.05) is 0 Å².